The lowest BCUT2D eigenvalue weighted by atomic mass is 10.0. The molecule has 0 aliphatic carbocycles. The predicted molar refractivity (Wildman–Crippen MR) is 95.9 cm³/mol. The highest BCUT2D eigenvalue weighted by molar-refractivity contribution is 7.93. The zero-order valence-corrected chi connectivity index (χ0v) is 15.3. The molecule has 0 spiro atoms. The smallest absolute Gasteiger partial charge is 0.268 e. The van der Waals surface area contributed by atoms with Crippen LogP contribution in [0.1, 0.15) is 28.8 Å². The number of primary amides is 1. The van der Waals surface area contributed by atoms with E-state index in [0.29, 0.717) is 5.69 Å². The van der Waals surface area contributed by atoms with Gasteiger partial charge in [0.1, 0.15) is 10.6 Å². The molecule has 2 aromatic rings. The zero-order chi connectivity index (χ0) is 18.4. The van der Waals surface area contributed by atoms with Crippen LogP contribution in [0.4, 0.5) is 5.69 Å². The van der Waals surface area contributed by atoms with Crippen LogP contribution in [0.2, 0.25) is 5.02 Å². The van der Waals surface area contributed by atoms with E-state index in [2.05, 4.69) is 0 Å². The van der Waals surface area contributed by atoms with E-state index in [0.717, 1.165) is 5.56 Å². The minimum atomic E-state index is -3.92. The van der Waals surface area contributed by atoms with Gasteiger partial charge in [-0.15, -0.1) is 0 Å². The van der Waals surface area contributed by atoms with Gasteiger partial charge >= 0.3 is 0 Å². The van der Waals surface area contributed by atoms with Gasteiger partial charge in [0.25, 0.3) is 10.0 Å². The third-order valence-electron chi connectivity index (χ3n) is 4.25. The maximum atomic E-state index is 13.2. The number of rotatable bonds is 4. The minimum Gasteiger partial charge on any atom is -0.495 e. The molecule has 1 atom stereocenters. The lowest BCUT2D eigenvalue weighted by Gasteiger charge is -2.21. The summed E-state index contributed by atoms with van der Waals surface area (Å²) in [5.74, 6) is -0.423. The average molecular weight is 381 g/mol. The fourth-order valence-corrected chi connectivity index (χ4v) is 4.97. The molecule has 0 saturated carbocycles. The molecule has 2 N–H and O–H groups in total. The Balaban J connectivity index is 2.17. The van der Waals surface area contributed by atoms with Gasteiger partial charge in [-0.2, -0.15) is 0 Å². The van der Waals surface area contributed by atoms with Crippen molar-refractivity contribution in [1.82, 2.24) is 0 Å². The first-order valence-electron chi connectivity index (χ1n) is 7.55. The predicted octanol–water partition coefficient (Wildman–Crippen LogP) is 2.76. The van der Waals surface area contributed by atoms with E-state index < -0.39 is 15.9 Å². The van der Waals surface area contributed by atoms with Gasteiger partial charge in [0.05, 0.1) is 12.8 Å². The molecule has 1 aliphatic rings. The highest BCUT2D eigenvalue weighted by Crippen LogP contribution is 2.41. The van der Waals surface area contributed by atoms with Crippen molar-refractivity contribution in [3.8, 4) is 5.75 Å². The van der Waals surface area contributed by atoms with Gasteiger partial charge in [0.15, 0.2) is 0 Å². The number of hydrogen-bond acceptors (Lipinski definition) is 4. The number of carbonyl (C=O) groups excluding carboxylic acids is 1. The largest absolute Gasteiger partial charge is 0.495 e. The molecule has 0 radical (unpaired) electrons. The molecule has 1 heterocycles. The van der Waals surface area contributed by atoms with Gasteiger partial charge in [-0.3, -0.25) is 9.10 Å². The highest BCUT2D eigenvalue weighted by Gasteiger charge is 2.36. The molecule has 2 aromatic carbocycles. The molecule has 0 fully saturated rings. The van der Waals surface area contributed by atoms with E-state index in [9.17, 15) is 13.2 Å². The average Bonchev–Trinajstić information content (AvgIpc) is 2.92. The third-order valence-corrected chi connectivity index (χ3v) is 6.28. The molecule has 25 heavy (non-hydrogen) atoms. The SMILES string of the molecule is COc1ccc(Cl)cc1S(=O)(=O)N1CC(C)c2ccc(C(N)=O)cc21. The Labute approximate surface area is 151 Å². The van der Waals surface area contributed by atoms with Crippen molar-refractivity contribution < 1.29 is 17.9 Å². The number of fused-ring (bicyclic) bond motifs is 1. The number of benzene rings is 2. The van der Waals surface area contributed by atoms with Crippen molar-refractivity contribution in [3.63, 3.8) is 0 Å². The van der Waals surface area contributed by atoms with Crippen LogP contribution in [0, 0.1) is 0 Å². The molecule has 1 aliphatic heterocycles. The summed E-state index contributed by atoms with van der Waals surface area (Å²) in [7, 11) is -2.52. The Hall–Kier alpha value is -2.25. The molecular weight excluding hydrogens is 364 g/mol. The van der Waals surface area contributed by atoms with Gasteiger partial charge < -0.3 is 10.5 Å². The number of hydrogen-bond donors (Lipinski definition) is 1. The normalized spacial score (nSPS) is 16.6. The van der Waals surface area contributed by atoms with Crippen LogP contribution in [-0.4, -0.2) is 28.0 Å². The molecule has 132 valence electrons. The van der Waals surface area contributed by atoms with Gasteiger partial charge in [-0.25, -0.2) is 8.42 Å². The van der Waals surface area contributed by atoms with Crippen LogP contribution in [0.15, 0.2) is 41.3 Å². The Bertz CT molecular complexity index is 959. The van der Waals surface area contributed by atoms with Gasteiger partial charge in [0.2, 0.25) is 5.91 Å². The van der Waals surface area contributed by atoms with E-state index in [-0.39, 0.29) is 33.7 Å². The van der Waals surface area contributed by atoms with Gasteiger partial charge in [-0.1, -0.05) is 24.6 Å². The Morgan fingerprint density at radius 2 is 2.00 bits per heavy atom. The van der Waals surface area contributed by atoms with Crippen LogP contribution in [0.5, 0.6) is 5.75 Å². The molecule has 0 saturated heterocycles. The van der Waals surface area contributed by atoms with Crippen LogP contribution in [0.25, 0.3) is 0 Å². The second kappa shape index (κ2) is 6.24. The number of sulfonamides is 1. The molecule has 1 unspecified atom stereocenters. The number of halogens is 1. The Morgan fingerprint density at radius 3 is 2.64 bits per heavy atom. The van der Waals surface area contributed by atoms with Crippen molar-refractivity contribution >= 4 is 33.2 Å². The molecule has 1 amide bonds. The molecule has 6 nitrogen and oxygen atoms in total. The lowest BCUT2D eigenvalue weighted by Crippen LogP contribution is -2.30. The summed E-state index contributed by atoms with van der Waals surface area (Å²) in [4.78, 5) is 11.4. The number of carbonyl (C=O) groups is 1. The lowest BCUT2D eigenvalue weighted by molar-refractivity contribution is 0.100. The standard InChI is InChI=1S/C17H17ClN2O4S/c1-10-9-20(14-7-11(17(19)21)3-5-13(10)14)25(22,23)16-8-12(18)4-6-15(16)24-2/h3-8,10H,9H2,1-2H3,(H2,19,21). The Kier molecular flexibility index (Phi) is 4.38. The van der Waals surface area contributed by atoms with Gasteiger partial charge in [0, 0.05) is 23.0 Å². The van der Waals surface area contributed by atoms with Gasteiger partial charge in [-0.05, 0) is 35.9 Å². The van der Waals surface area contributed by atoms with Crippen molar-refractivity contribution in [2.45, 2.75) is 17.7 Å². The zero-order valence-electron chi connectivity index (χ0n) is 13.7. The first-order valence-corrected chi connectivity index (χ1v) is 9.37. The minimum absolute atomic E-state index is 0.0168. The van der Waals surface area contributed by atoms with Crippen molar-refractivity contribution in [1.29, 1.82) is 0 Å². The summed E-state index contributed by atoms with van der Waals surface area (Å²) in [6, 6.07) is 9.28. The maximum Gasteiger partial charge on any atom is 0.268 e. The topological polar surface area (TPSA) is 89.7 Å². The summed E-state index contributed by atoms with van der Waals surface area (Å²) in [5.41, 5.74) is 6.88. The summed E-state index contributed by atoms with van der Waals surface area (Å²) < 4.78 is 32.9. The maximum absolute atomic E-state index is 13.2. The van der Waals surface area contributed by atoms with Crippen LogP contribution in [-0.2, 0) is 10.0 Å². The molecule has 0 aromatic heterocycles. The summed E-state index contributed by atoms with van der Waals surface area (Å²) in [5, 5.41) is 0.290. The second-order valence-electron chi connectivity index (χ2n) is 5.87. The quantitative estimate of drug-likeness (QED) is 0.883. The van der Waals surface area contributed by atoms with E-state index >= 15 is 0 Å². The summed E-state index contributed by atoms with van der Waals surface area (Å²) in [6.07, 6.45) is 0. The highest BCUT2D eigenvalue weighted by atomic mass is 35.5. The van der Waals surface area contributed by atoms with E-state index in [1.54, 1.807) is 18.2 Å². The van der Waals surface area contributed by atoms with E-state index in [4.69, 9.17) is 22.1 Å². The fourth-order valence-electron chi connectivity index (χ4n) is 2.97. The van der Waals surface area contributed by atoms with E-state index in [1.165, 1.54) is 29.6 Å². The monoisotopic (exact) mass is 380 g/mol. The third kappa shape index (κ3) is 2.94. The number of amides is 1. The Morgan fingerprint density at radius 1 is 1.28 bits per heavy atom. The first-order chi connectivity index (χ1) is 11.8. The molecule has 0 bridgehead atoms. The first kappa shape index (κ1) is 17.6. The number of nitrogens with two attached hydrogens (primary N) is 1. The van der Waals surface area contributed by atoms with Crippen molar-refractivity contribution in [3.05, 3.63) is 52.5 Å². The van der Waals surface area contributed by atoms with Crippen molar-refractivity contribution in [2.24, 2.45) is 5.73 Å². The summed E-state index contributed by atoms with van der Waals surface area (Å²) in [6.45, 7) is 2.18. The van der Waals surface area contributed by atoms with E-state index in [1.807, 2.05) is 6.92 Å². The van der Waals surface area contributed by atoms with Crippen LogP contribution >= 0.6 is 11.6 Å². The fraction of sp³-hybridized carbons (Fsp3) is 0.235. The van der Waals surface area contributed by atoms with Crippen molar-refractivity contribution in [2.75, 3.05) is 18.0 Å². The second-order valence-corrected chi connectivity index (χ2v) is 8.14. The van der Waals surface area contributed by atoms with Crippen LogP contribution in [0.3, 0.4) is 0 Å². The number of methoxy groups -OCH3 is 1. The molecule has 8 heteroatoms. The van der Waals surface area contributed by atoms with Crippen LogP contribution < -0.4 is 14.8 Å². The number of ether oxygens (including phenoxy) is 1. The number of nitrogens with zero attached hydrogens (tertiary/aromatic N) is 1. The summed E-state index contributed by atoms with van der Waals surface area (Å²) >= 11 is 5.98. The molecule has 3 rings (SSSR count). The number of anilines is 1. The molecular formula is C17H17ClN2O4S.